The summed E-state index contributed by atoms with van der Waals surface area (Å²) in [5, 5.41) is 14.2. The van der Waals surface area contributed by atoms with Crippen LogP contribution >= 0.6 is 0 Å². The number of rotatable bonds is 6. The first kappa shape index (κ1) is 21.8. The molecule has 33 heavy (non-hydrogen) atoms. The number of hydrogen-bond acceptors (Lipinski definition) is 3. The molecule has 4 aromatic rings. The lowest BCUT2D eigenvalue weighted by molar-refractivity contribution is -0.112. The van der Waals surface area contributed by atoms with Crippen LogP contribution in [0.5, 0.6) is 5.75 Å². The maximum atomic E-state index is 13.2. The molecule has 0 bridgehead atoms. The molecule has 1 N–H and O–H groups in total. The van der Waals surface area contributed by atoms with Crippen molar-refractivity contribution in [1.82, 2.24) is 0 Å². The maximum absolute atomic E-state index is 13.2. The van der Waals surface area contributed by atoms with E-state index in [9.17, 15) is 14.4 Å². The molecule has 0 aliphatic rings. The van der Waals surface area contributed by atoms with Crippen LogP contribution in [0.1, 0.15) is 16.7 Å². The zero-order valence-corrected chi connectivity index (χ0v) is 18.0. The first-order valence-corrected chi connectivity index (χ1v) is 10.4. The van der Waals surface area contributed by atoms with Crippen LogP contribution in [0.2, 0.25) is 0 Å². The number of nitriles is 1. The molecule has 1 amide bonds. The van der Waals surface area contributed by atoms with E-state index in [-0.39, 0.29) is 5.57 Å². The van der Waals surface area contributed by atoms with Gasteiger partial charge >= 0.3 is 0 Å². The fourth-order valence-corrected chi connectivity index (χ4v) is 3.42. The summed E-state index contributed by atoms with van der Waals surface area (Å²) in [6.45, 7) is 2.38. The van der Waals surface area contributed by atoms with Crippen molar-refractivity contribution in [2.45, 2.75) is 13.5 Å². The lowest BCUT2D eigenvalue weighted by Crippen LogP contribution is -2.13. The Morgan fingerprint density at radius 2 is 1.73 bits per heavy atom. The molecule has 0 saturated carbocycles. The number of fused-ring (bicyclic) bond motifs is 1. The highest BCUT2D eigenvalue weighted by atomic mass is 19.1. The van der Waals surface area contributed by atoms with Gasteiger partial charge in [-0.25, -0.2) is 4.39 Å². The fourth-order valence-electron chi connectivity index (χ4n) is 3.42. The third-order valence-corrected chi connectivity index (χ3v) is 5.20. The van der Waals surface area contributed by atoms with Gasteiger partial charge in [0.2, 0.25) is 0 Å². The van der Waals surface area contributed by atoms with Crippen molar-refractivity contribution >= 4 is 28.4 Å². The molecule has 4 aromatic carbocycles. The lowest BCUT2D eigenvalue weighted by Gasteiger charge is -2.13. The summed E-state index contributed by atoms with van der Waals surface area (Å²) in [7, 11) is 0. The second kappa shape index (κ2) is 9.80. The molecule has 0 spiro atoms. The molecule has 0 unspecified atom stereocenters. The Kier molecular flexibility index (Phi) is 6.47. The van der Waals surface area contributed by atoms with E-state index in [0.717, 1.165) is 16.3 Å². The Hall–Kier alpha value is -4.43. The lowest BCUT2D eigenvalue weighted by atomic mass is 10.0. The van der Waals surface area contributed by atoms with E-state index in [1.165, 1.54) is 35.9 Å². The van der Waals surface area contributed by atoms with Crippen molar-refractivity contribution in [3.05, 3.63) is 113 Å². The number of nitrogens with one attached hydrogen (secondary N) is 1. The number of aryl methyl sites for hydroxylation is 1. The first-order valence-electron chi connectivity index (χ1n) is 10.4. The van der Waals surface area contributed by atoms with Crippen LogP contribution in [0, 0.1) is 24.1 Å². The summed E-state index contributed by atoms with van der Waals surface area (Å²) in [5.41, 5.74) is 3.13. The molecule has 0 aromatic heterocycles. The third-order valence-electron chi connectivity index (χ3n) is 5.20. The van der Waals surface area contributed by atoms with Gasteiger partial charge in [-0.15, -0.1) is 0 Å². The van der Waals surface area contributed by atoms with Gasteiger partial charge in [0.25, 0.3) is 5.91 Å². The normalized spacial score (nSPS) is 11.1. The molecular formula is C28H21FN2O2. The number of anilines is 1. The zero-order chi connectivity index (χ0) is 23.2. The third kappa shape index (κ3) is 5.25. The summed E-state index contributed by atoms with van der Waals surface area (Å²) in [6, 6.07) is 26.9. The molecule has 0 fully saturated rings. The average Bonchev–Trinajstić information content (AvgIpc) is 2.84. The van der Waals surface area contributed by atoms with Gasteiger partial charge in [0, 0.05) is 11.3 Å². The Balaban J connectivity index is 1.68. The Bertz CT molecular complexity index is 1370. The Morgan fingerprint density at radius 3 is 2.45 bits per heavy atom. The van der Waals surface area contributed by atoms with Crippen LogP contribution in [-0.2, 0) is 11.4 Å². The monoisotopic (exact) mass is 436 g/mol. The predicted molar refractivity (Wildman–Crippen MR) is 128 cm³/mol. The number of carbonyl (C=O) groups is 1. The molecule has 0 atom stereocenters. The highest BCUT2D eigenvalue weighted by Gasteiger charge is 2.14. The van der Waals surface area contributed by atoms with Gasteiger partial charge in [0.1, 0.15) is 29.8 Å². The molecule has 0 aliphatic carbocycles. The molecule has 0 saturated heterocycles. The topological polar surface area (TPSA) is 62.1 Å². The van der Waals surface area contributed by atoms with Crippen molar-refractivity contribution in [1.29, 1.82) is 5.26 Å². The van der Waals surface area contributed by atoms with Gasteiger partial charge < -0.3 is 10.1 Å². The van der Waals surface area contributed by atoms with E-state index < -0.39 is 11.7 Å². The SMILES string of the molecule is Cc1ccc(COc2ccc3ccccc3c2/C=C(/C#N)C(=O)Nc2ccc(F)cc2)cc1. The molecule has 162 valence electrons. The van der Waals surface area contributed by atoms with E-state index in [1.54, 1.807) is 0 Å². The van der Waals surface area contributed by atoms with E-state index in [2.05, 4.69) is 5.32 Å². The molecular weight excluding hydrogens is 415 g/mol. The van der Waals surface area contributed by atoms with Crippen LogP contribution in [0.3, 0.4) is 0 Å². The predicted octanol–water partition coefficient (Wildman–Crippen LogP) is 6.41. The van der Waals surface area contributed by atoms with Crippen LogP contribution in [0.25, 0.3) is 16.8 Å². The largest absolute Gasteiger partial charge is 0.488 e. The van der Waals surface area contributed by atoms with E-state index in [1.807, 2.05) is 73.7 Å². The van der Waals surface area contributed by atoms with Gasteiger partial charge in [-0.1, -0.05) is 60.2 Å². The minimum absolute atomic E-state index is 0.0872. The number of hydrogen-bond donors (Lipinski definition) is 1. The van der Waals surface area contributed by atoms with E-state index >= 15 is 0 Å². The summed E-state index contributed by atoms with van der Waals surface area (Å²) < 4.78 is 19.3. The Labute approximate surface area is 191 Å². The van der Waals surface area contributed by atoms with Crippen molar-refractivity contribution in [2.75, 3.05) is 5.32 Å². The van der Waals surface area contributed by atoms with Gasteiger partial charge in [0.05, 0.1) is 0 Å². The van der Waals surface area contributed by atoms with Crippen LogP contribution < -0.4 is 10.1 Å². The Morgan fingerprint density at radius 1 is 1.00 bits per heavy atom. The quantitative estimate of drug-likeness (QED) is 0.281. The van der Waals surface area contributed by atoms with Crippen LogP contribution in [0.4, 0.5) is 10.1 Å². The summed E-state index contributed by atoms with van der Waals surface area (Å²) >= 11 is 0. The molecule has 0 radical (unpaired) electrons. The van der Waals surface area contributed by atoms with E-state index in [4.69, 9.17) is 4.74 Å². The van der Waals surface area contributed by atoms with Gasteiger partial charge in [-0.2, -0.15) is 5.26 Å². The number of ether oxygens (including phenoxy) is 1. The molecule has 4 rings (SSSR count). The van der Waals surface area contributed by atoms with Crippen molar-refractivity contribution in [3.63, 3.8) is 0 Å². The van der Waals surface area contributed by atoms with Crippen molar-refractivity contribution in [2.24, 2.45) is 0 Å². The fraction of sp³-hybridized carbons (Fsp3) is 0.0714. The number of nitrogens with zero attached hydrogens (tertiary/aromatic N) is 1. The molecule has 5 heteroatoms. The maximum Gasteiger partial charge on any atom is 0.266 e. The first-order chi connectivity index (χ1) is 16.0. The molecule has 0 heterocycles. The van der Waals surface area contributed by atoms with Crippen LogP contribution in [-0.4, -0.2) is 5.91 Å². The van der Waals surface area contributed by atoms with Crippen molar-refractivity contribution in [3.8, 4) is 11.8 Å². The number of carbonyl (C=O) groups excluding carboxylic acids is 1. The minimum Gasteiger partial charge on any atom is -0.488 e. The second-order valence-corrected chi connectivity index (χ2v) is 7.60. The summed E-state index contributed by atoms with van der Waals surface area (Å²) in [6.07, 6.45) is 1.53. The van der Waals surface area contributed by atoms with E-state index in [0.29, 0.717) is 23.6 Å². The van der Waals surface area contributed by atoms with Crippen molar-refractivity contribution < 1.29 is 13.9 Å². The highest BCUT2D eigenvalue weighted by molar-refractivity contribution is 6.11. The zero-order valence-electron chi connectivity index (χ0n) is 18.0. The molecule has 0 aliphatic heterocycles. The smallest absolute Gasteiger partial charge is 0.266 e. The highest BCUT2D eigenvalue weighted by Crippen LogP contribution is 2.31. The standard InChI is InChI=1S/C28H21FN2O2/c1-19-6-8-20(9-7-19)18-33-27-15-10-21-4-2-3-5-25(21)26(27)16-22(17-30)28(32)31-24-13-11-23(29)12-14-24/h2-16H,18H2,1H3,(H,31,32)/b22-16-. The number of benzene rings is 4. The second-order valence-electron chi connectivity index (χ2n) is 7.60. The van der Waals surface area contributed by atoms with Crippen LogP contribution in [0.15, 0.2) is 90.5 Å². The van der Waals surface area contributed by atoms with Gasteiger partial charge in [0.15, 0.2) is 0 Å². The average molecular weight is 436 g/mol. The van der Waals surface area contributed by atoms with Gasteiger partial charge in [-0.3, -0.25) is 4.79 Å². The number of amides is 1. The van der Waals surface area contributed by atoms with Gasteiger partial charge in [-0.05, 0) is 59.7 Å². The summed E-state index contributed by atoms with van der Waals surface area (Å²) in [5.74, 6) is -0.423. The number of halogens is 1. The minimum atomic E-state index is -0.582. The summed E-state index contributed by atoms with van der Waals surface area (Å²) in [4.78, 5) is 12.8. The molecule has 4 nitrogen and oxygen atoms in total.